The Hall–Kier alpha value is -1.42. The van der Waals surface area contributed by atoms with Crippen LogP contribution in [-0.4, -0.2) is 39.4 Å². The largest absolute Gasteiger partial charge is 0.319 e. The molecule has 108 valence electrons. The molecule has 1 aliphatic heterocycles. The summed E-state index contributed by atoms with van der Waals surface area (Å²) in [6.07, 6.45) is 0.901. The molecule has 1 atom stereocenters. The summed E-state index contributed by atoms with van der Waals surface area (Å²) in [5.74, 6) is 0.356. The molecule has 1 aromatic rings. The van der Waals surface area contributed by atoms with Gasteiger partial charge in [-0.3, -0.25) is 0 Å². The van der Waals surface area contributed by atoms with Gasteiger partial charge >= 0.3 is 0 Å². The van der Waals surface area contributed by atoms with Crippen LogP contribution in [0.1, 0.15) is 17.5 Å². The van der Waals surface area contributed by atoms with E-state index in [1.54, 1.807) is 28.6 Å². The van der Waals surface area contributed by atoms with Crippen molar-refractivity contribution in [2.24, 2.45) is 5.92 Å². The Morgan fingerprint density at radius 2 is 2.30 bits per heavy atom. The molecular formula is C14H19N3O2S. The highest BCUT2D eigenvalue weighted by Gasteiger charge is 2.30. The quantitative estimate of drug-likeness (QED) is 0.876. The van der Waals surface area contributed by atoms with E-state index >= 15 is 0 Å². The van der Waals surface area contributed by atoms with Crippen molar-refractivity contribution in [3.8, 4) is 6.07 Å². The summed E-state index contributed by atoms with van der Waals surface area (Å²) in [7, 11) is -1.41. The van der Waals surface area contributed by atoms with Crippen molar-refractivity contribution in [3.63, 3.8) is 0 Å². The summed E-state index contributed by atoms with van der Waals surface area (Å²) in [6, 6.07) is 8.81. The lowest BCUT2D eigenvalue weighted by molar-refractivity contribution is 0.450. The summed E-state index contributed by atoms with van der Waals surface area (Å²) in [4.78, 5) is 0. The van der Waals surface area contributed by atoms with Crippen LogP contribution >= 0.6 is 0 Å². The van der Waals surface area contributed by atoms with Crippen LogP contribution in [0, 0.1) is 17.2 Å². The van der Waals surface area contributed by atoms with Crippen molar-refractivity contribution in [2.75, 3.05) is 26.7 Å². The molecule has 1 aliphatic rings. The number of nitriles is 1. The molecule has 6 heteroatoms. The first kappa shape index (κ1) is 15.0. The summed E-state index contributed by atoms with van der Waals surface area (Å²) < 4.78 is 26.3. The fourth-order valence-electron chi connectivity index (χ4n) is 2.54. The van der Waals surface area contributed by atoms with E-state index in [1.165, 1.54) is 0 Å². The molecule has 0 saturated carbocycles. The first-order valence-corrected chi connectivity index (χ1v) is 8.27. The van der Waals surface area contributed by atoms with Crippen molar-refractivity contribution in [1.29, 1.82) is 5.26 Å². The zero-order valence-electron chi connectivity index (χ0n) is 11.5. The number of nitrogens with one attached hydrogen (secondary N) is 1. The molecule has 0 amide bonds. The minimum absolute atomic E-state index is 0.0329. The molecule has 1 aromatic carbocycles. The zero-order valence-corrected chi connectivity index (χ0v) is 12.4. The van der Waals surface area contributed by atoms with Crippen molar-refractivity contribution < 1.29 is 8.42 Å². The highest BCUT2D eigenvalue weighted by atomic mass is 32.2. The standard InChI is InChI=1S/C14H19N3O2S/c1-16-9-14-5-6-17(10-14)20(18,19)11-13-4-2-3-12(7-13)8-15/h2-4,7,14,16H,5-6,9-11H2,1H3/t14-/m1/s1. The smallest absolute Gasteiger partial charge is 0.218 e. The monoisotopic (exact) mass is 293 g/mol. The molecule has 5 nitrogen and oxygen atoms in total. The maximum atomic E-state index is 12.4. The second-order valence-corrected chi connectivity index (χ2v) is 7.11. The summed E-state index contributed by atoms with van der Waals surface area (Å²) in [6.45, 7) is 2.02. The number of benzene rings is 1. The third kappa shape index (κ3) is 3.57. The Balaban J connectivity index is 2.06. The highest BCUT2D eigenvalue weighted by Crippen LogP contribution is 2.21. The normalized spacial score (nSPS) is 19.9. The summed E-state index contributed by atoms with van der Waals surface area (Å²) in [5.41, 5.74) is 1.16. The van der Waals surface area contributed by atoms with Gasteiger partial charge in [0.25, 0.3) is 0 Å². The maximum absolute atomic E-state index is 12.4. The lowest BCUT2D eigenvalue weighted by atomic mass is 10.1. The molecule has 20 heavy (non-hydrogen) atoms. The number of nitrogens with zero attached hydrogens (tertiary/aromatic N) is 2. The van der Waals surface area contributed by atoms with E-state index in [4.69, 9.17) is 5.26 Å². The molecule has 0 unspecified atom stereocenters. The van der Waals surface area contributed by atoms with Gasteiger partial charge in [0.1, 0.15) is 0 Å². The first-order chi connectivity index (χ1) is 9.55. The van der Waals surface area contributed by atoms with Gasteiger partial charge in [0.15, 0.2) is 0 Å². The Bertz CT molecular complexity index is 607. The van der Waals surface area contributed by atoms with Gasteiger partial charge in [0, 0.05) is 13.1 Å². The minimum atomic E-state index is -3.29. The molecule has 2 rings (SSSR count). The summed E-state index contributed by atoms with van der Waals surface area (Å²) in [5, 5.41) is 11.9. The highest BCUT2D eigenvalue weighted by molar-refractivity contribution is 7.88. The number of hydrogen-bond acceptors (Lipinski definition) is 4. The molecule has 0 spiro atoms. The van der Waals surface area contributed by atoms with Crippen LogP contribution in [0.3, 0.4) is 0 Å². The lowest BCUT2D eigenvalue weighted by Gasteiger charge is -2.16. The molecule has 0 radical (unpaired) electrons. The summed E-state index contributed by atoms with van der Waals surface area (Å²) >= 11 is 0. The Kier molecular flexibility index (Phi) is 4.76. The molecule has 1 N–H and O–H groups in total. The Labute approximate surface area is 120 Å². The molecule has 1 heterocycles. The third-order valence-corrected chi connectivity index (χ3v) is 5.36. The minimum Gasteiger partial charge on any atom is -0.319 e. The van der Waals surface area contributed by atoms with E-state index in [1.807, 2.05) is 13.1 Å². The van der Waals surface area contributed by atoms with E-state index in [0.717, 1.165) is 13.0 Å². The second kappa shape index (κ2) is 6.35. The fraction of sp³-hybridized carbons (Fsp3) is 0.500. The van der Waals surface area contributed by atoms with Crippen molar-refractivity contribution >= 4 is 10.0 Å². The molecular weight excluding hydrogens is 274 g/mol. The van der Waals surface area contributed by atoms with Crippen LogP contribution in [0.25, 0.3) is 0 Å². The Morgan fingerprint density at radius 1 is 1.50 bits per heavy atom. The van der Waals surface area contributed by atoms with Crippen molar-refractivity contribution in [3.05, 3.63) is 35.4 Å². The molecule has 0 aromatic heterocycles. The Morgan fingerprint density at radius 3 is 3.00 bits per heavy atom. The third-order valence-electron chi connectivity index (χ3n) is 3.54. The fourth-order valence-corrected chi connectivity index (χ4v) is 4.14. The average Bonchev–Trinajstić information content (AvgIpc) is 2.88. The van der Waals surface area contributed by atoms with Crippen molar-refractivity contribution in [1.82, 2.24) is 9.62 Å². The average molecular weight is 293 g/mol. The van der Waals surface area contributed by atoms with Gasteiger partial charge in [-0.1, -0.05) is 12.1 Å². The zero-order chi connectivity index (χ0) is 14.6. The lowest BCUT2D eigenvalue weighted by Crippen LogP contribution is -2.31. The van der Waals surface area contributed by atoms with Gasteiger partial charge in [0.2, 0.25) is 10.0 Å². The molecule has 0 aliphatic carbocycles. The van der Waals surface area contributed by atoms with Gasteiger partial charge < -0.3 is 5.32 Å². The van der Waals surface area contributed by atoms with Crippen LogP contribution < -0.4 is 5.32 Å². The van der Waals surface area contributed by atoms with Gasteiger partial charge in [-0.15, -0.1) is 0 Å². The molecule has 0 bridgehead atoms. The van der Waals surface area contributed by atoms with E-state index in [2.05, 4.69) is 5.32 Å². The van der Waals surface area contributed by atoms with Crippen LogP contribution in [0.2, 0.25) is 0 Å². The van der Waals surface area contributed by atoms with Crippen LogP contribution in [0.4, 0.5) is 0 Å². The number of hydrogen-bond donors (Lipinski definition) is 1. The van der Waals surface area contributed by atoms with E-state index in [9.17, 15) is 8.42 Å². The van der Waals surface area contributed by atoms with E-state index in [0.29, 0.717) is 30.1 Å². The van der Waals surface area contributed by atoms with E-state index in [-0.39, 0.29) is 5.75 Å². The number of sulfonamides is 1. The molecule has 1 fully saturated rings. The van der Waals surface area contributed by atoms with E-state index < -0.39 is 10.0 Å². The van der Waals surface area contributed by atoms with Gasteiger partial charge in [-0.2, -0.15) is 5.26 Å². The first-order valence-electron chi connectivity index (χ1n) is 6.66. The second-order valence-electron chi connectivity index (χ2n) is 5.14. The van der Waals surface area contributed by atoms with Crippen LogP contribution in [0.15, 0.2) is 24.3 Å². The topological polar surface area (TPSA) is 73.2 Å². The van der Waals surface area contributed by atoms with Gasteiger partial charge in [-0.25, -0.2) is 12.7 Å². The predicted molar refractivity (Wildman–Crippen MR) is 77.4 cm³/mol. The van der Waals surface area contributed by atoms with Gasteiger partial charge in [-0.05, 0) is 43.6 Å². The van der Waals surface area contributed by atoms with Crippen LogP contribution in [0.5, 0.6) is 0 Å². The number of rotatable bonds is 5. The van der Waals surface area contributed by atoms with Crippen molar-refractivity contribution in [2.45, 2.75) is 12.2 Å². The predicted octanol–water partition coefficient (Wildman–Crippen LogP) is 0.929. The molecule has 1 saturated heterocycles. The maximum Gasteiger partial charge on any atom is 0.218 e. The SMILES string of the molecule is CNC[C@H]1CCN(S(=O)(=O)Cc2cccc(C#N)c2)C1. The van der Waals surface area contributed by atoms with Gasteiger partial charge in [0.05, 0.1) is 17.4 Å². The van der Waals surface area contributed by atoms with Crippen LogP contribution in [-0.2, 0) is 15.8 Å².